The molecule has 32 heavy (non-hydrogen) atoms. The van der Waals surface area contributed by atoms with E-state index < -0.39 is 6.04 Å². The highest BCUT2D eigenvalue weighted by Gasteiger charge is 2.30. The van der Waals surface area contributed by atoms with Crippen molar-refractivity contribution in [2.24, 2.45) is 5.92 Å². The van der Waals surface area contributed by atoms with Crippen LogP contribution in [0.25, 0.3) is 0 Å². The lowest BCUT2D eigenvalue weighted by molar-refractivity contribution is -0.143. The highest BCUT2D eigenvalue weighted by molar-refractivity contribution is 9.10. The van der Waals surface area contributed by atoms with Crippen molar-refractivity contribution < 1.29 is 14.3 Å². The van der Waals surface area contributed by atoms with Gasteiger partial charge in [-0.05, 0) is 58.6 Å². The lowest BCUT2D eigenvalue weighted by Crippen LogP contribution is -2.50. The first-order valence-electron chi connectivity index (χ1n) is 10.2. The second-order valence-electron chi connectivity index (χ2n) is 7.65. The topological polar surface area (TPSA) is 58.6 Å². The van der Waals surface area contributed by atoms with Gasteiger partial charge < -0.3 is 15.0 Å². The molecule has 0 saturated carbocycles. The van der Waals surface area contributed by atoms with Crippen molar-refractivity contribution >= 4 is 62.5 Å². The van der Waals surface area contributed by atoms with Crippen molar-refractivity contribution in [1.29, 1.82) is 0 Å². The molecule has 174 valence electrons. The normalized spacial score (nSPS) is 11.9. The van der Waals surface area contributed by atoms with Gasteiger partial charge in [-0.3, -0.25) is 9.59 Å². The molecule has 0 aliphatic rings. The zero-order chi connectivity index (χ0) is 23.8. The van der Waals surface area contributed by atoms with E-state index in [0.29, 0.717) is 43.8 Å². The fourth-order valence-corrected chi connectivity index (χ4v) is 4.32. The Balaban J connectivity index is 2.28. The maximum atomic E-state index is 13.3. The average Bonchev–Trinajstić information content (AvgIpc) is 2.73. The minimum atomic E-state index is -0.703. The monoisotopic (exact) mass is 562 g/mol. The van der Waals surface area contributed by atoms with Crippen LogP contribution in [0.3, 0.4) is 0 Å². The second-order valence-corrected chi connectivity index (χ2v) is 9.75. The number of hydrogen-bond donors (Lipinski definition) is 1. The second kappa shape index (κ2) is 12.7. The Labute approximate surface area is 212 Å². The van der Waals surface area contributed by atoms with Crippen LogP contribution in [-0.2, 0) is 16.1 Å². The molecule has 2 aromatic carbocycles. The molecule has 0 spiro atoms. The van der Waals surface area contributed by atoms with Gasteiger partial charge in [-0.2, -0.15) is 0 Å². The molecule has 0 aromatic heterocycles. The van der Waals surface area contributed by atoms with Gasteiger partial charge in [-0.1, -0.05) is 61.6 Å². The Hall–Kier alpha value is -1.47. The highest BCUT2D eigenvalue weighted by Crippen LogP contribution is 2.29. The molecule has 1 atom stereocenters. The van der Waals surface area contributed by atoms with E-state index in [1.807, 2.05) is 20.8 Å². The number of hydrogen-bond acceptors (Lipinski definition) is 3. The molecule has 0 bridgehead atoms. The molecule has 5 nitrogen and oxygen atoms in total. The lowest BCUT2D eigenvalue weighted by Gasteiger charge is -2.31. The number of ether oxygens (including phenoxy) is 1. The van der Waals surface area contributed by atoms with E-state index in [1.54, 1.807) is 36.4 Å². The number of carbonyl (C=O) groups is 2. The number of benzene rings is 2. The summed E-state index contributed by atoms with van der Waals surface area (Å²) in [7, 11) is 0. The van der Waals surface area contributed by atoms with E-state index in [2.05, 4.69) is 21.2 Å². The highest BCUT2D eigenvalue weighted by atomic mass is 79.9. The molecule has 1 N–H and O–H groups in total. The Morgan fingerprint density at radius 1 is 1.12 bits per heavy atom. The van der Waals surface area contributed by atoms with Crippen LogP contribution in [0.5, 0.6) is 5.75 Å². The third-order valence-corrected chi connectivity index (χ3v) is 6.27. The van der Waals surface area contributed by atoms with Crippen LogP contribution in [0, 0.1) is 5.92 Å². The summed E-state index contributed by atoms with van der Waals surface area (Å²) in [6.45, 7) is 6.19. The van der Waals surface area contributed by atoms with Crippen molar-refractivity contribution in [3.05, 3.63) is 61.5 Å². The lowest BCUT2D eigenvalue weighted by atomic mass is 10.1. The van der Waals surface area contributed by atoms with Crippen LogP contribution in [-0.4, -0.2) is 35.9 Å². The zero-order valence-corrected chi connectivity index (χ0v) is 22.0. The van der Waals surface area contributed by atoms with Gasteiger partial charge in [0.1, 0.15) is 11.8 Å². The van der Waals surface area contributed by atoms with E-state index in [0.717, 1.165) is 0 Å². The van der Waals surface area contributed by atoms with Gasteiger partial charge >= 0.3 is 0 Å². The Kier molecular flexibility index (Phi) is 10.6. The fraction of sp³-hybridized carbons (Fsp3) is 0.391. The van der Waals surface area contributed by atoms with Gasteiger partial charge in [-0.25, -0.2) is 0 Å². The van der Waals surface area contributed by atoms with Crippen molar-refractivity contribution in [3.63, 3.8) is 0 Å². The van der Waals surface area contributed by atoms with E-state index in [-0.39, 0.29) is 30.9 Å². The molecular formula is C23H26BrCl3N2O3. The number of rotatable bonds is 10. The van der Waals surface area contributed by atoms with Crippen molar-refractivity contribution in [2.75, 3.05) is 13.2 Å². The summed E-state index contributed by atoms with van der Waals surface area (Å²) >= 11 is 22.0. The molecule has 2 amide bonds. The van der Waals surface area contributed by atoms with Gasteiger partial charge in [0.25, 0.3) is 5.91 Å². The summed E-state index contributed by atoms with van der Waals surface area (Å²) in [5.41, 5.74) is 0.576. The summed E-state index contributed by atoms with van der Waals surface area (Å²) in [6, 6.07) is 9.44. The summed E-state index contributed by atoms with van der Waals surface area (Å²) < 4.78 is 6.34. The first-order chi connectivity index (χ1) is 15.1. The molecular weight excluding hydrogens is 539 g/mol. The van der Waals surface area contributed by atoms with E-state index in [4.69, 9.17) is 39.5 Å². The smallest absolute Gasteiger partial charge is 0.261 e. The minimum Gasteiger partial charge on any atom is -0.483 e. The molecule has 2 aromatic rings. The number of nitrogens with zero attached hydrogens (tertiary/aromatic N) is 1. The first-order valence-corrected chi connectivity index (χ1v) is 12.1. The SMILES string of the molecule is CC[C@@H](C(=O)NCC(C)C)N(Cc1c(Cl)cccc1Cl)C(=O)COc1ccc(Cl)cc1Br. The third kappa shape index (κ3) is 7.55. The molecule has 0 heterocycles. The molecule has 0 aliphatic heterocycles. The Bertz CT molecular complexity index is 936. The Morgan fingerprint density at radius 2 is 1.78 bits per heavy atom. The van der Waals surface area contributed by atoms with Crippen molar-refractivity contribution in [1.82, 2.24) is 10.2 Å². The van der Waals surface area contributed by atoms with Crippen LogP contribution in [0.1, 0.15) is 32.8 Å². The Morgan fingerprint density at radius 3 is 2.34 bits per heavy atom. The third-order valence-electron chi connectivity index (χ3n) is 4.71. The van der Waals surface area contributed by atoms with Crippen LogP contribution in [0.4, 0.5) is 0 Å². The van der Waals surface area contributed by atoms with E-state index in [9.17, 15) is 9.59 Å². The van der Waals surface area contributed by atoms with Gasteiger partial charge in [0.2, 0.25) is 5.91 Å². The fourth-order valence-electron chi connectivity index (χ4n) is 3.01. The molecule has 0 radical (unpaired) electrons. The number of halogens is 4. The van der Waals surface area contributed by atoms with Gasteiger partial charge in [-0.15, -0.1) is 0 Å². The van der Waals surface area contributed by atoms with Gasteiger partial charge in [0.15, 0.2) is 6.61 Å². The quantitative estimate of drug-likeness (QED) is 0.365. The predicted molar refractivity (Wildman–Crippen MR) is 134 cm³/mol. The summed E-state index contributed by atoms with van der Waals surface area (Å²) in [4.78, 5) is 27.6. The molecule has 2 rings (SSSR count). The minimum absolute atomic E-state index is 0.0795. The average molecular weight is 565 g/mol. The summed E-state index contributed by atoms with van der Waals surface area (Å²) in [5, 5.41) is 4.30. The predicted octanol–water partition coefficient (Wildman–Crippen LogP) is 6.37. The zero-order valence-electron chi connectivity index (χ0n) is 18.1. The van der Waals surface area contributed by atoms with Crippen LogP contribution >= 0.6 is 50.7 Å². The van der Waals surface area contributed by atoms with Crippen LogP contribution < -0.4 is 10.1 Å². The van der Waals surface area contributed by atoms with Gasteiger partial charge in [0.05, 0.1) is 4.47 Å². The maximum Gasteiger partial charge on any atom is 0.261 e. The van der Waals surface area contributed by atoms with E-state index in [1.165, 1.54) is 4.90 Å². The molecule has 0 unspecified atom stereocenters. The number of amides is 2. The standard InChI is InChI=1S/C23H26BrCl3N2O3/c1-4-20(23(31)28-11-14(2)3)29(12-16-18(26)6-5-7-19(16)27)22(30)13-32-21-9-8-15(25)10-17(21)24/h5-10,14,20H,4,11-13H2,1-3H3,(H,28,31)/t20-/m0/s1. The van der Waals surface area contributed by atoms with Crippen molar-refractivity contribution in [3.8, 4) is 5.75 Å². The summed E-state index contributed by atoms with van der Waals surface area (Å²) in [5.74, 6) is 0.153. The molecule has 0 fully saturated rings. The largest absolute Gasteiger partial charge is 0.483 e. The molecule has 0 saturated heterocycles. The molecule has 0 aliphatic carbocycles. The van der Waals surface area contributed by atoms with Crippen molar-refractivity contribution in [2.45, 2.75) is 39.8 Å². The van der Waals surface area contributed by atoms with Crippen LogP contribution in [0.15, 0.2) is 40.9 Å². The summed E-state index contributed by atoms with van der Waals surface area (Å²) in [6.07, 6.45) is 0.419. The maximum absolute atomic E-state index is 13.3. The van der Waals surface area contributed by atoms with Gasteiger partial charge in [0, 0.05) is 33.7 Å². The van der Waals surface area contributed by atoms with E-state index >= 15 is 0 Å². The first kappa shape index (κ1) is 26.8. The van der Waals surface area contributed by atoms with Crippen LogP contribution in [0.2, 0.25) is 15.1 Å². The molecule has 9 heteroatoms. The number of nitrogens with one attached hydrogen (secondary N) is 1. The number of carbonyl (C=O) groups excluding carboxylic acids is 2.